The molecule has 1 rings (SSSR count). The first kappa shape index (κ1) is 18.3. The fourth-order valence-electron chi connectivity index (χ4n) is 2.40. The highest BCUT2D eigenvalue weighted by atomic mass is 16.3. The third-order valence-corrected chi connectivity index (χ3v) is 3.51. The minimum absolute atomic E-state index is 0.119. The van der Waals surface area contributed by atoms with Gasteiger partial charge in [-0.2, -0.15) is 0 Å². The maximum Gasteiger partial charge on any atom is 0.314 e. The molecular formula is C17H29N3O2. The lowest BCUT2D eigenvalue weighted by molar-refractivity contribution is 0.129. The second-order valence-corrected chi connectivity index (χ2v) is 6.58. The van der Waals surface area contributed by atoms with E-state index in [1.54, 1.807) is 6.92 Å². The number of para-hydroxylation sites is 1. The average Bonchev–Trinajstić information content (AvgIpc) is 2.45. The SMILES string of the molecule is CC(O)CC(C)(C)CNC(=O)NCCN(C)c1ccccc1. The predicted octanol–water partition coefficient (Wildman–Crippen LogP) is 2.22. The molecule has 0 fully saturated rings. The van der Waals surface area contributed by atoms with Crippen molar-refractivity contribution < 1.29 is 9.90 Å². The van der Waals surface area contributed by atoms with Crippen LogP contribution in [-0.4, -0.2) is 43.9 Å². The Hall–Kier alpha value is -1.75. The standard InChI is InChI=1S/C17H29N3O2/c1-14(21)12-17(2,3)13-19-16(22)18-10-11-20(4)15-8-6-5-7-9-15/h5-9,14,21H,10-13H2,1-4H3,(H2,18,19,22). The Morgan fingerprint density at radius 1 is 1.27 bits per heavy atom. The van der Waals surface area contributed by atoms with Gasteiger partial charge in [0.1, 0.15) is 0 Å². The van der Waals surface area contributed by atoms with E-state index >= 15 is 0 Å². The number of anilines is 1. The molecule has 0 saturated carbocycles. The number of benzene rings is 1. The topological polar surface area (TPSA) is 64.6 Å². The molecule has 0 aliphatic heterocycles. The number of nitrogens with zero attached hydrogens (tertiary/aromatic N) is 1. The van der Waals surface area contributed by atoms with Gasteiger partial charge in [0.05, 0.1) is 6.10 Å². The first-order valence-corrected chi connectivity index (χ1v) is 7.76. The number of aliphatic hydroxyl groups is 1. The lowest BCUT2D eigenvalue weighted by Crippen LogP contribution is -2.43. The maximum absolute atomic E-state index is 11.8. The van der Waals surface area contributed by atoms with Crippen molar-refractivity contribution in [2.45, 2.75) is 33.3 Å². The molecule has 3 N–H and O–H groups in total. The molecule has 124 valence electrons. The van der Waals surface area contributed by atoms with Crippen molar-refractivity contribution in [1.82, 2.24) is 10.6 Å². The number of aliphatic hydroxyl groups excluding tert-OH is 1. The second-order valence-electron chi connectivity index (χ2n) is 6.58. The third-order valence-electron chi connectivity index (χ3n) is 3.51. The Balaban J connectivity index is 2.23. The Bertz CT molecular complexity index is 446. The number of carbonyl (C=O) groups is 1. The maximum atomic E-state index is 11.8. The second kappa shape index (κ2) is 8.63. The molecule has 0 radical (unpaired) electrons. The summed E-state index contributed by atoms with van der Waals surface area (Å²) >= 11 is 0. The van der Waals surface area contributed by atoms with Crippen molar-refractivity contribution in [3.63, 3.8) is 0 Å². The molecule has 0 spiro atoms. The fraction of sp³-hybridized carbons (Fsp3) is 0.588. The minimum atomic E-state index is -0.362. The summed E-state index contributed by atoms with van der Waals surface area (Å²) in [6.45, 7) is 7.69. The van der Waals surface area contributed by atoms with Crippen LogP contribution in [0.25, 0.3) is 0 Å². The average molecular weight is 307 g/mol. The lowest BCUT2D eigenvalue weighted by atomic mass is 9.87. The van der Waals surface area contributed by atoms with Crippen LogP contribution in [0.1, 0.15) is 27.2 Å². The summed E-state index contributed by atoms with van der Waals surface area (Å²) in [7, 11) is 2.00. The number of likely N-dealkylation sites (N-methyl/N-ethyl adjacent to an activating group) is 1. The summed E-state index contributed by atoms with van der Waals surface area (Å²) < 4.78 is 0. The van der Waals surface area contributed by atoms with Gasteiger partial charge in [-0.1, -0.05) is 32.0 Å². The number of hydrogen-bond donors (Lipinski definition) is 3. The molecule has 22 heavy (non-hydrogen) atoms. The molecule has 0 saturated heterocycles. The van der Waals surface area contributed by atoms with Crippen molar-refractivity contribution in [2.24, 2.45) is 5.41 Å². The smallest absolute Gasteiger partial charge is 0.314 e. The molecule has 2 amide bonds. The zero-order valence-electron chi connectivity index (χ0n) is 14.1. The van der Waals surface area contributed by atoms with E-state index in [0.29, 0.717) is 19.5 Å². The summed E-state index contributed by atoms with van der Waals surface area (Å²) in [5.41, 5.74) is 1.01. The van der Waals surface area contributed by atoms with Crippen LogP contribution in [0.2, 0.25) is 0 Å². The Labute approximate surface area is 133 Å². The van der Waals surface area contributed by atoms with Crippen LogP contribution in [0.3, 0.4) is 0 Å². The van der Waals surface area contributed by atoms with Crippen LogP contribution in [-0.2, 0) is 0 Å². The van der Waals surface area contributed by atoms with E-state index in [-0.39, 0.29) is 17.6 Å². The highest BCUT2D eigenvalue weighted by Crippen LogP contribution is 2.20. The molecule has 0 heterocycles. The molecular weight excluding hydrogens is 278 g/mol. The molecule has 1 aromatic rings. The first-order chi connectivity index (χ1) is 10.3. The van der Waals surface area contributed by atoms with E-state index in [1.165, 1.54) is 0 Å². The van der Waals surface area contributed by atoms with Gasteiger partial charge in [0.25, 0.3) is 0 Å². The van der Waals surface area contributed by atoms with Crippen molar-refractivity contribution in [3.05, 3.63) is 30.3 Å². The molecule has 5 heteroatoms. The monoisotopic (exact) mass is 307 g/mol. The molecule has 0 bridgehead atoms. The van der Waals surface area contributed by atoms with Crippen LogP contribution in [0, 0.1) is 5.41 Å². The number of hydrogen-bond acceptors (Lipinski definition) is 3. The molecule has 0 aliphatic rings. The number of rotatable bonds is 8. The van der Waals surface area contributed by atoms with Crippen molar-refractivity contribution >= 4 is 11.7 Å². The fourth-order valence-corrected chi connectivity index (χ4v) is 2.40. The Kier molecular flexibility index (Phi) is 7.18. The molecule has 1 aromatic carbocycles. The van der Waals surface area contributed by atoms with Crippen molar-refractivity contribution in [3.8, 4) is 0 Å². The quantitative estimate of drug-likeness (QED) is 0.690. The van der Waals surface area contributed by atoms with Gasteiger partial charge in [-0.3, -0.25) is 0 Å². The zero-order chi connectivity index (χ0) is 16.6. The zero-order valence-corrected chi connectivity index (χ0v) is 14.1. The van der Waals surface area contributed by atoms with Gasteiger partial charge < -0.3 is 20.6 Å². The summed E-state index contributed by atoms with van der Waals surface area (Å²) in [6.07, 6.45) is 0.295. The summed E-state index contributed by atoms with van der Waals surface area (Å²) in [4.78, 5) is 13.9. The highest BCUT2D eigenvalue weighted by Gasteiger charge is 2.20. The summed E-state index contributed by atoms with van der Waals surface area (Å²) in [6, 6.07) is 9.89. The van der Waals surface area contributed by atoms with Gasteiger partial charge in [-0.15, -0.1) is 0 Å². The van der Waals surface area contributed by atoms with E-state index in [0.717, 1.165) is 12.2 Å². The molecule has 5 nitrogen and oxygen atoms in total. The van der Waals surface area contributed by atoms with Gasteiger partial charge in [0.2, 0.25) is 0 Å². The van der Waals surface area contributed by atoms with Gasteiger partial charge in [0, 0.05) is 32.4 Å². The van der Waals surface area contributed by atoms with E-state index in [4.69, 9.17) is 0 Å². The van der Waals surface area contributed by atoms with Crippen LogP contribution in [0.5, 0.6) is 0 Å². The van der Waals surface area contributed by atoms with Crippen LogP contribution < -0.4 is 15.5 Å². The Morgan fingerprint density at radius 3 is 2.50 bits per heavy atom. The third kappa shape index (κ3) is 7.31. The number of urea groups is 1. The predicted molar refractivity (Wildman–Crippen MR) is 91.2 cm³/mol. The van der Waals surface area contributed by atoms with Gasteiger partial charge in [0.15, 0.2) is 0 Å². The van der Waals surface area contributed by atoms with E-state index in [9.17, 15) is 9.90 Å². The van der Waals surface area contributed by atoms with Crippen LogP contribution >= 0.6 is 0 Å². The number of amides is 2. The van der Waals surface area contributed by atoms with Crippen LogP contribution in [0.4, 0.5) is 10.5 Å². The normalized spacial score (nSPS) is 12.6. The van der Waals surface area contributed by atoms with E-state index in [1.807, 2.05) is 51.2 Å². The number of nitrogens with one attached hydrogen (secondary N) is 2. The summed E-state index contributed by atoms with van der Waals surface area (Å²) in [5, 5.41) is 15.1. The summed E-state index contributed by atoms with van der Waals surface area (Å²) in [5.74, 6) is 0. The van der Waals surface area contributed by atoms with E-state index in [2.05, 4.69) is 15.5 Å². The van der Waals surface area contributed by atoms with Gasteiger partial charge in [-0.05, 0) is 30.9 Å². The molecule has 0 aliphatic carbocycles. The molecule has 0 aromatic heterocycles. The minimum Gasteiger partial charge on any atom is -0.393 e. The van der Waals surface area contributed by atoms with Crippen molar-refractivity contribution in [1.29, 1.82) is 0 Å². The Morgan fingerprint density at radius 2 is 1.91 bits per heavy atom. The first-order valence-electron chi connectivity index (χ1n) is 7.76. The number of carbonyl (C=O) groups excluding carboxylic acids is 1. The lowest BCUT2D eigenvalue weighted by Gasteiger charge is -2.26. The molecule has 1 atom stereocenters. The van der Waals surface area contributed by atoms with E-state index < -0.39 is 0 Å². The largest absolute Gasteiger partial charge is 0.393 e. The molecule has 1 unspecified atom stereocenters. The van der Waals surface area contributed by atoms with Gasteiger partial charge in [-0.25, -0.2) is 4.79 Å². The van der Waals surface area contributed by atoms with Gasteiger partial charge >= 0.3 is 6.03 Å². The van der Waals surface area contributed by atoms with Crippen LogP contribution in [0.15, 0.2) is 30.3 Å². The van der Waals surface area contributed by atoms with Crippen molar-refractivity contribution in [2.75, 3.05) is 31.6 Å². The highest BCUT2D eigenvalue weighted by molar-refractivity contribution is 5.73.